The smallest absolute Gasteiger partial charge is 0.250 e. The minimum Gasteiger partial charge on any atom is -0.379 e. The fourth-order valence-corrected chi connectivity index (χ4v) is 3.64. The number of nitrogens with one attached hydrogen (secondary N) is 1. The van der Waals surface area contributed by atoms with Crippen molar-refractivity contribution in [2.45, 2.75) is 19.9 Å². The monoisotopic (exact) mass is 407 g/mol. The highest BCUT2D eigenvalue weighted by Crippen LogP contribution is 2.27. The number of carbonyl (C=O) groups excluding carboxylic acids is 1. The van der Waals surface area contributed by atoms with Gasteiger partial charge in [0.25, 0.3) is 5.91 Å². The molecule has 1 unspecified atom stereocenters. The number of ether oxygens (including phenoxy) is 1. The number of aromatic nitrogens is 2. The third-order valence-electron chi connectivity index (χ3n) is 5.52. The van der Waals surface area contributed by atoms with Crippen LogP contribution in [-0.4, -0.2) is 54.1 Å². The molecule has 1 aromatic heterocycles. The predicted molar refractivity (Wildman–Crippen MR) is 120 cm³/mol. The summed E-state index contributed by atoms with van der Waals surface area (Å²) in [4.78, 5) is 23.0. The summed E-state index contributed by atoms with van der Waals surface area (Å²) in [6, 6.07) is 8.57. The second kappa shape index (κ2) is 9.65. The maximum absolute atomic E-state index is 12.2. The molecule has 1 aliphatic rings. The Kier molecular flexibility index (Phi) is 6.97. The molecule has 1 aromatic carbocycles. The highest BCUT2D eigenvalue weighted by atomic mass is 16.5. The number of primary amides is 1. The van der Waals surface area contributed by atoms with Gasteiger partial charge in [0.1, 0.15) is 12.1 Å². The van der Waals surface area contributed by atoms with Gasteiger partial charge in [-0.1, -0.05) is 30.8 Å². The minimum atomic E-state index is -0.558. The number of amides is 1. The third kappa shape index (κ3) is 4.75. The van der Waals surface area contributed by atoms with Crippen molar-refractivity contribution in [3.8, 4) is 0 Å². The minimum absolute atomic E-state index is 0.308. The average molecular weight is 408 g/mol. The number of allylic oxidation sites excluding steroid dienone is 2. The molecule has 1 atom stereocenters. The van der Waals surface area contributed by atoms with Gasteiger partial charge in [0.2, 0.25) is 0 Å². The lowest BCUT2D eigenvalue weighted by molar-refractivity contribution is -0.112. The lowest BCUT2D eigenvalue weighted by Gasteiger charge is -2.32. The number of carbonyl (C=O) groups is 1. The van der Waals surface area contributed by atoms with Gasteiger partial charge < -0.3 is 15.8 Å². The van der Waals surface area contributed by atoms with E-state index in [0.717, 1.165) is 37.4 Å². The molecule has 0 radical (unpaired) electrons. The molecule has 7 nitrogen and oxygen atoms in total. The molecule has 2 heterocycles. The quantitative estimate of drug-likeness (QED) is 0.542. The van der Waals surface area contributed by atoms with E-state index in [2.05, 4.69) is 45.8 Å². The van der Waals surface area contributed by atoms with Crippen molar-refractivity contribution in [3.63, 3.8) is 0 Å². The molecule has 1 fully saturated rings. The molecule has 158 valence electrons. The van der Waals surface area contributed by atoms with Gasteiger partial charge in [-0.05, 0) is 36.6 Å². The van der Waals surface area contributed by atoms with Gasteiger partial charge in [-0.25, -0.2) is 9.97 Å². The number of hydrogen-bond acceptors (Lipinski definition) is 6. The molecule has 7 heteroatoms. The Morgan fingerprint density at radius 2 is 1.93 bits per heavy atom. The van der Waals surface area contributed by atoms with Crippen LogP contribution in [-0.2, 0) is 9.53 Å². The average Bonchev–Trinajstić information content (AvgIpc) is 2.77. The molecule has 0 aliphatic carbocycles. The van der Waals surface area contributed by atoms with E-state index in [4.69, 9.17) is 10.5 Å². The largest absolute Gasteiger partial charge is 0.379 e. The Morgan fingerprint density at radius 1 is 1.27 bits per heavy atom. The zero-order chi connectivity index (χ0) is 21.7. The van der Waals surface area contributed by atoms with Gasteiger partial charge in [0.15, 0.2) is 0 Å². The Labute approximate surface area is 177 Å². The van der Waals surface area contributed by atoms with Crippen molar-refractivity contribution in [1.82, 2.24) is 14.9 Å². The van der Waals surface area contributed by atoms with E-state index in [9.17, 15) is 4.79 Å². The summed E-state index contributed by atoms with van der Waals surface area (Å²) in [6.07, 6.45) is 3.10. The normalized spacial score (nSPS) is 16.2. The molecule has 0 spiro atoms. The first-order chi connectivity index (χ1) is 14.4. The Balaban J connectivity index is 1.84. The molecule has 3 rings (SSSR count). The summed E-state index contributed by atoms with van der Waals surface area (Å²) < 4.78 is 5.44. The van der Waals surface area contributed by atoms with Crippen LogP contribution in [0.4, 0.5) is 5.82 Å². The van der Waals surface area contributed by atoms with Gasteiger partial charge >= 0.3 is 0 Å². The number of anilines is 1. The Bertz CT molecular complexity index is 947. The van der Waals surface area contributed by atoms with E-state index in [1.165, 1.54) is 11.9 Å². The van der Waals surface area contributed by atoms with Crippen LogP contribution in [0.25, 0.3) is 11.1 Å². The van der Waals surface area contributed by atoms with Crippen molar-refractivity contribution in [2.24, 2.45) is 5.73 Å². The van der Waals surface area contributed by atoms with Crippen LogP contribution >= 0.6 is 0 Å². The molecule has 2 aromatic rings. The van der Waals surface area contributed by atoms with Crippen LogP contribution in [0.2, 0.25) is 0 Å². The number of rotatable bonds is 7. The van der Waals surface area contributed by atoms with Gasteiger partial charge in [-0.2, -0.15) is 0 Å². The predicted octanol–water partition coefficient (Wildman–Crippen LogP) is 2.80. The topological polar surface area (TPSA) is 93.4 Å². The van der Waals surface area contributed by atoms with Crippen molar-refractivity contribution < 1.29 is 9.53 Å². The lowest BCUT2D eigenvalue weighted by Crippen LogP contribution is -2.37. The highest BCUT2D eigenvalue weighted by molar-refractivity contribution is 6.20. The SMILES string of the molecule is C=C(/C=C(/C(N)=O)c1ncnc(NC)c1C)c1ccc(C(C)N2CCOCC2)cc1. The maximum atomic E-state index is 12.2. The molecule has 0 saturated carbocycles. The first-order valence-electron chi connectivity index (χ1n) is 10.0. The number of benzene rings is 1. The molecular formula is C23H29N5O2. The number of hydrogen-bond donors (Lipinski definition) is 2. The van der Waals surface area contributed by atoms with Crippen LogP contribution in [0.5, 0.6) is 0 Å². The van der Waals surface area contributed by atoms with E-state index in [0.29, 0.717) is 28.7 Å². The molecule has 3 N–H and O–H groups in total. The second-order valence-corrected chi connectivity index (χ2v) is 7.34. The third-order valence-corrected chi connectivity index (χ3v) is 5.52. The molecule has 1 aliphatic heterocycles. The summed E-state index contributed by atoms with van der Waals surface area (Å²) in [5, 5.41) is 2.99. The summed E-state index contributed by atoms with van der Waals surface area (Å²) in [5.74, 6) is 0.0942. The summed E-state index contributed by atoms with van der Waals surface area (Å²) in [6.45, 7) is 11.6. The number of nitrogens with two attached hydrogens (primary N) is 1. The van der Waals surface area contributed by atoms with Gasteiger partial charge in [-0.3, -0.25) is 9.69 Å². The number of nitrogens with zero attached hydrogens (tertiary/aromatic N) is 3. The van der Waals surface area contributed by atoms with E-state index in [1.807, 2.05) is 19.1 Å². The summed E-state index contributed by atoms with van der Waals surface area (Å²) in [5.41, 5.74) is 10.1. The van der Waals surface area contributed by atoms with Crippen molar-refractivity contribution in [3.05, 3.63) is 65.6 Å². The molecular weight excluding hydrogens is 378 g/mol. The zero-order valence-corrected chi connectivity index (χ0v) is 17.8. The van der Waals surface area contributed by atoms with Crippen molar-refractivity contribution in [1.29, 1.82) is 0 Å². The van der Waals surface area contributed by atoms with E-state index >= 15 is 0 Å². The van der Waals surface area contributed by atoms with Crippen LogP contribution in [0.15, 0.2) is 43.2 Å². The highest BCUT2D eigenvalue weighted by Gasteiger charge is 2.19. The Hall–Kier alpha value is -3.03. The first kappa shape index (κ1) is 21.7. The van der Waals surface area contributed by atoms with Gasteiger partial charge in [0, 0.05) is 31.7 Å². The molecule has 1 amide bonds. The molecule has 1 saturated heterocycles. The Morgan fingerprint density at radius 3 is 2.53 bits per heavy atom. The van der Waals surface area contributed by atoms with Gasteiger partial charge in [-0.15, -0.1) is 0 Å². The zero-order valence-electron chi connectivity index (χ0n) is 17.8. The standard InChI is InChI=1S/C23H29N5O2/c1-15(13-20(22(24)29)21-16(2)23(25-4)27-14-26-21)18-5-7-19(8-6-18)17(3)28-9-11-30-12-10-28/h5-8,13-14,17H,1,9-12H2,2-4H3,(H2,24,29)(H,25,26,27)/b20-13+. The van der Waals surface area contributed by atoms with Gasteiger partial charge in [0.05, 0.1) is 24.5 Å². The second-order valence-electron chi connectivity index (χ2n) is 7.34. The maximum Gasteiger partial charge on any atom is 0.250 e. The van der Waals surface area contributed by atoms with E-state index in [-0.39, 0.29) is 0 Å². The fraction of sp³-hybridized carbons (Fsp3) is 0.348. The van der Waals surface area contributed by atoms with Crippen molar-refractivity contribution >= 4 is 22.9 Å². The summed E-state index contributed by atoms with van der Waals surface area (Å²) in [7, 11) is 1.77. The number of morpholine rings is 1. The first-order valence-corrected chi connectivity index (χ1v) is 10.0. The molecule has 0 bridgehead atoms. The van der Waals surface area contributed by atoms with Crippen LogP contribution in [0, 0.1) is 6.92 Å². The fourth-order valence-electron chi connectivity index (χ4n) is 3.64. The van der Waals surface area contributed by atoms with Crippen LogP contribution in [0.1, 0.15) is 35.3 Å². The van der Waals surface area contributed by atoms with E-state index < -0.39 is 5.91 Å². The van der Waals surface area contributed by atoms with E-state index in [1.54, 1.807) is 13.1 Å². The van der Waals surface area contributed by atoms with Crippen LogP contribution < -0.4 is 11.1 Å². The molecule has 30 heavy (non-hydrogen) atoms. The summed E-state index contributed by atoms with van der Waals surface area (Å²) >= 11 is 0. The van der Waals surface area contributed by atoms with Crippen LogP contribution in [0.3, 0.4) is 0 Å². The lowest BCUT2D eigenvalue weighted by atomic mass is 9.98. The van der Waals surface area contributed by atoms with Crippen molar-refractivity contribution in [2.75, 3.05) is 38.7 Å².